The van der Waals surface area contributed by atoms with Crippen LogP contribution in [0.1, 0.15) is 33.6 Å². The summed E-state index contributed by atoms with van der Waals surface area (Å²) in [4.78, 5) is 52.8. The summed E-state index contributed by atoms with van der Waals surface area (Å²) < 4.78 is 11.0. The van der Waals surface area contributed by atoms with Gasteiger partial charge in [-0.25, -0.2) is 9.98 Å². The molecule has 0 saturated heterocycles. The molecule has 10 nitrogen and oxygen atoms in total. The second-order valence-corrected chi connectivity index (χ2v) is 8.17. The molecule has 10 heteroatoms. The van der Waals surface area contributed by atoms with Crippen LogP contribution in [0, 0.1) is 5.92 Å². The van der Waals surface area contributed by atoms with E-state index in [1.54, 1.807) is 12.2 Å². The smallest absolute Gasteiger partial charge is 0.222 e. The number of ketones is 2. The van der Waals surface area contributed by atoms with Crippen molar-refractivity contribution in [2.75, 3.05) is 13.1 Å². The lowest BCUT2D eigenvalue weighted by molar-refractivity contribution is -0.124. The van der Waals surface area contributed by atoms with Crippen LogP contribution in [0.5, 0.6) is 0 Å². The standard InChI is InChI=1S/C13H16N2O3.C11H12N2O3/c1-8(2)13(17)14-6-5-12-15-10-4-3-9(16)7-11(10)18-12;1-7(14)12-5-4-11-13-9-3-2-8(15)6-10(9)16-11/h3-4,7-8,12H,5-6H2,1-2H3,(H,14,17);2-3,6,11H,4-5H2,1H3,(H,12,14). The van der Waals surface area contributed by atoms with Gasteiger partial charge in [-0.1, -0.05) is 13.8 Å². The molecule has 4 rings (SSSR count). The fraction of sp³-hybridized carbons (Fsp3) is 0.417. The van der Waals surface area contributed by atoms with Crippen LogP contribution < -0.4 is 10.6 Å². The molecule has 0 aromatic carbocycles. The quantitative estimate of drug-likeness (QED) is 0.541. The summed E-state index contributed by atoms with van der Waals surface area (Å²) in [5, 5.41) is 5.48. The molecule has 34 heavy (non-hydrogen) atoms. The minimum absolute atomic E-state index is 0.0207. The van der Waals surface area contributed by atoms with E-state index in [2.05, 4.69) is 20.6 Å². The summed E-state index contributed by atoms with van der Waals surface area (Å²) in [6.45, 7) is 6.19. The lowest BCUT2D eigenvalue weighted by Gasteiger charge is -2.11. The van der Waals surface area contributed by atoms with E-state index in [0.717, 1.165) is 0 Å². The Morgan fingerprint density at radius 3 is 1.76 bits per heavy atom. The van der Waals surface area contributed by atoms with Gasteiger partial charge >= 0.3 is 0 Å². The number of amides is 2. The normalized spacial score (nSPS) is 21.6. The second kappa shape index (κ2) is 11.4. The molecule has 0 spiro atoms. The Hall–Kier alpha value is -3.82. The van der Waals surface area contributed by atoms with Gasteiger partial charge in [0.1, 0.15) is 11.4 Å². The number of hydrogen-bond donors (Lipinski definition) is 2. The molecule has 2 aliphatic carbocycles. The first kappa shape index (κ1) is 24.8. The van der Waals surface area contributed by atoms with Gasteiger partial charge in [-0.3, -0.25) is 19.2 Å². The molecule has 2 N–H and O–H groups in total. The maximum atomic E-state index is 11.4. The molecule has 0 fully saturated rings. The summed E-state index contributed by atoms with van der Waals surface area (Å²) in [7, 11) is 0. The Labute approximate surface area is 197 Å². The molecule has 0 aromatic heterocycles. The number of rotatable bonds is 7. The molecular weight excluding hydrogens is 440 g/mol. The zero-order chi connectivity index (χ0) is 24.7. The number of nitrogens with zero attached hydrogens (tertiary/aromatic N) is 2. The van der Waals surface area contributed by atoms with E-state index >= 15 is 0 Å². The van der Waals surface area contributed by atoms with Crippen molar-refractivity contribution in [1.82, 2.24) is 10.6 Å². The zero-order valence-electron chi connectivity index (χ0n) is 19.4. The Morgan fingerprint density at radius 2 is 1.32 bits per heavy atom. The molecule has 0 bridgehead atoms. The van der Waals surface area contributed by atoms with E-state index < -0.39 is 0 Å². The number of ether oxygens (including phenoxy) is 2. The summed E-state index contributed by atoms with van der Waals surface area (Å²) in [6.07, 6.45) is 9.68. The average Bonchev–Trinajstić information content (AvgIpc) is 3.36. The van der Waals surface area contributed by atoms with Gasteiger partial charge < -0.3 is 20.1 Å². The lowest BCUT2D eigenvalue weighted by atomic mass is 10.1. The van der Waals surface area contributed by atoms with Crippen molar-refractivity contribution >= 4 is 34.8 Å². The van der Waals surface area contributed by atoms with E-state index in [1.807, 2.05) is 13.8 Å². The van der Waals surface area contributed by atoms with Crippen LogP contribution in [-0.2, 0) is 28.7 Å². The summed E-state index contributed by atoms with van der Waals surface area (Å²) in [6, 6.07) is 0. The molecule has 2 aliphatic heterocycles. The number of aliphatic imine (C=N–C) groups is 2. The van der Waals surface area contributed by atoms with Crippen molar-refractivity contribution in [1.29, 1.82) is 0 Å². The minimum Gasteiger partial charge on any atom is -0.466 e. The van der Waals surface area contributed by atoms with E-state index in [4.69, 9.17) is 9.47 Å². The molecular formula is C24H28N4O6. The zero-order valence-corrected chi connectivity index (χ0v) is 19.4. The van der Waals surface area contributed by atoms with Crippen LogP contribution in [0.25, 0.3) is 0 Å². The van der Waals surface area contributed by atoms with Crippen LogP contribution in [-0.4, -0.2) is 60.3 Å². The molecule has 180 valence electrons. The number of allylic oxidation sites excluding steroid dienone is 6. The topological polar surface area (TPSA) is 136 Å². The van der Waals surface area contributed by atoms with Crippen LogP contribution in [0.15, 0.2) is 58.0 Å². The van der Waals surface area contributed by atoms with Crippen molar-refractivity contribution in [3.63, 3.8) is 0 Å². The van der Waals surface area contributed by atoms with Crippen molar-refractivity contribution in [2.24, 2.45) is 15.9 Å². The summed E-state index contributed by atoms with van der Waals surface area (Å²) in [5.41, 5.74) is 1.40. The Morgan fingerprint density at radius 1 is 0.853 bits per heavy atom. The number of hydrogen-bond acceptors (Lipinski definition) is 8. The van der Waals surface area contributed by atoms with Gasteiger partial charge in [0.25, 0.3) is 0 Å². The second-order valence-electron chi connectivity index (χ2n) is 8.17. The number of nitrogens with one attached hydrogen (secondary N) is 2. The van der Waals surface area contributed by atoms with E-state index in [9.17, 15) is 19.2 Å². The SMILES string of the molecule is CC(=O)NCCC1N=C2C=CC(=O)C=C2O1.CC(C)C(=O)NCCC1N=C2C=CC(=O)C=C2O1. The Bertz CT molecular complexity index is 1050. The van der Waals surface area contributed by atoms with Crippen LogP contribution >= 0.6 is 0 Å². The highest BCUT2D eigenvalue weighted by Crippen LogP contribution is 2.22. The highest BCUT2D eigenvalue weighted by Gasteiger charge is 2.25. The van der Waals surface area contributed by atoms with Crippen LogP contribution in [0.4, 0.5) is 0 Å². The molecule has 0 aromatic rings. The molecule has 2 unspecified atom stereocenters. The van der Waals surface area contributed by atoms with Crippen molar-refractivity contribution in [3.05, 3.63) is 48.0 Å². The first-order valence-corrected chi connectivity index (χ1v) is 11.1. The fourth-order valence-electron chi connectivity index (χ4n) is 3.19. The first-order chi connectivity index (χ1) is 16.2. The number of carbonyl (C=O) groups is 4. The first-order valence-electron chi connectivity index (χ1n) is 11.1. The lowest BCUT2D eigenvalue weighted by Crippen LogP contribution is -2.30. The number of carbonyl (C=O) groups excluding carboxylic acids is 4. The average molecular weight is 469 g/mol. The van der Waals surface area contributed by atoms with Gasteiger partial charge in [0.2, 0.25) is 11.8 Å². The third kappa shape index (κ3) is 7.09. The van der Waals surface area contributed by atoms with E-state index in [-0.39, 0.29) is 41.8 Å². The monoisotopic (exact) mass is 468 g/mol. The van der Waals surface area contributed by atoms with Crippen molar-refractivity contribution < 1.29 is 28.7 Å². The predicted octanol–water partition coefficient (Wildman–Crippen LogP) is 1.30. The van der Waals surface area contributed by atoms with Gasteiger partial charge in [-0.05, 0) is 24.3 Å². The summed E-state index contributed by atoms with van der Waals surface area (Å²) >= 11 is 0. The van der Waals surface area contributed by atoms with Crippen LogP contribution in [0.3, 0.4) is 0 Å². The van der Waals surface area contributed by atoms with Gasteiger partial charge in [0.15, 0.2) is 35.5 Å². The fourth-order valence-corrected chi connectivity index (χ4v) is 3.19. The minimum atomic E-state index is -0.311. The van der Waals surface area contributed by atoms with Gasteiger partial charge in [0.05, 0.1) is 0 Å². The highest BCUT2D eigenvalue weighted by atomic mass is 16.5. The largest absolute Gasteiger partial charge is 0.466 e. The third-order valence-corrected chi connectivity index (χ3v) is 4.93. The maximum absolute atomic E-state index is 11.4. The molecule has 0 radical (unpaired) electrons. The molecule has 2 atom stereocenters. The van der Waals surface area contributed by atoms with Gasteiger partial charge in [-0.2, -0.15) is 0 Å². The van der Waals surface area contributed by atoms with Crippen LogP contribution in [0.2, 0.25) is 0 Å². The molecule has 2 heterocycles. The Balaban J connectivity index is 0.000000192. The summed E-state index contributed by atoms with van der Waals surface area (Å²) in [5.74, 6) is 0.813. The van der Waals surface area contributed by atoms with Crippen molar-refractivity contribution in [2.45, 2.75) is 46.1 Å². The third-order valence-electron chi connectivity index (χ3n) is 4.93. The number of fused-ring (bicyclic) bond motifs is 2. The van der Waals surface area contributed by atoms with E-state index in [0.29, 0.717) is 48.9 Å². The Kier molecular flexibility index (Phi) is 8.29. The predicted molar refractivity (Wildman–Crippen MR) is 125 cm³/mol. The van der Waals surface area contributed by atoms with E-state index in [1.165, 1.54) is 31.2 Å². The molecule has 4 aliphatic rings. The molecule has 0 saturated carbocycles. The molecule has 2 amide bonds. The van der Waals surface area contributed by atoms with Gasteiger partial charge in [-0.15, -0.1) is 0 Å². The van der Waals surface area contributed by atoms with Gasteiger partial charge in [0, 0.05) is 50.9 Å². The van der Waals surface area contributed by atoms with Crippen molar-refractivity contribution in [3.8, 4) is 0 Å². The highest BCUT2D eigenvalue weighted by molar-refractivity contribution is 6.19. The maximum Gasteiger partial charge on any atom is 0.222 e.